The number of nitrogens with two attached hydrogens (primary N) is 1. The summed E-state index contributed by atoms with van der Waals surface area (Å²) < 4.78 is 5.15. The number of thiophene rings is 1. The van der Waals surface area contributed by atoms with E-state index in [0.29, 0.717) is 17.2 Å². The van der Waals surface area contributed by atoms with Crippen molar-refractivity contribution < 1.29 is 9.53 Å². The number of hydrogen-bond acceptors (Lipinski definition) is 5. The summed E-state index contributed by atoms with van der Waals surface area (Å²) in [5, 5.41) is 0.629. The lowest BCUT2D eigenvalue weighted by Crippen LogP contribution is -2.40. The zero-order valence-corrected chi connectivity index (χ0v) is 14.7. The van der Waals surface area contributed by atoms with Gasteiger partial charge in [0.15, 0.2) is 0 Å². The molecule has 6 heteroatoms. The Morgan fingerprint density at radius 2 is 2.09 bits per heavy atom. The lowest BCUT2D eigenvalue weighted by Gasteiger charge is -2.36. The quantitative estimate of drug-likeness (QED) is 0.851. The van der Waals surface area contributed by atoms with Crippen LogP contribution in [-0.2, 0) is 17.7 Å². The number of carbonyl (C=O) groups excluding carboxylic acids is 1. The first-order valence-electron chi connectivity index (χ1n) is 8.02. The third-order valence-electron chi connectivity index (χ3n) is 4.68. The number of anilines is 1. The first kappa shape index (κ1) is 17.6. The van der Waals surface area contributed by atoms with Crippen molar-refractivity contribution in [3.8, 4) is 0 Å². The number of fused-ring (bicyclic) bond motifs is 1. The maximum atomic E-state index is 12.1. The van der Waals surface area contributed by atoms with Gasteiger partial charge in [-0.2, -0.15) is 0 Å². The predicted molar refractivity (Wildman–Crippen MR) is 92.9 cm³/mol. The van der Waals surface area contributed by atoms with E-state index < -0.39 is 0 Å². The van der Waals surface area contributed by atoms with Crippen molar-refractivity contribution in [3.63, 3.8) is 0 Å². The maximum absolute atomic E-state index is 12.1. The fourth-order valence-electron chi connectivity index (χ4n) is 3.63. The molecule has 0 amide bonds. The van der Waals surface area contributed by atoms with Gasteiger partial charge in [0.1, 0.15) is 5.00 Å². The van der Waals surface area contributed by atoms with Crippen molar-refractivity contribution in [2.24, 2.45) is 0 Å². The Kier molecular flexibility index (Phi) is 6.12. The molecule has 1 aromatic heterocycles. The minimum atomic E-state index is -0.251. The van der Waals surface area contributed by atoms with Crippen molar-refractivity contribution in [1.29, 1.82) is 0 Å². The summed E-state index contributed by atoms with van der Waals surface area (Å²) in [7, 11) is 0. The van der Waals surface area contributed by atoms with Crippen LogP contribution in [0.1, 0.15) is 59.8 Å². The molecule has 1 aliphatic carbocycles. The molecule has 1 aliphatic heterocycles. The molecule has 124 valence electrons. The summed E-state index contributed by atoms with van der Waals surface area (Å²) >= 11 is 1.57. The van der Waals surface area contributed by atoms with E-state index in [0.717, 1.165) is 31.1 Å². The van der Waals surface area contributed by atoms with Crippen LogP contribution < -0.4 is 5.73 Å². The van der Waals surface area contributed by atoms with Gasteiger partial charge in [0.05, 0.1) is 12.2 Å². The van der Waals surface area contributed by atoms with E-state index in [9.17, 15) is 4.79 Å². The second-order valence-electron chi connectivity index (χ2n) is 5.98. The van der Waals surface area contributed by atoms with Crippen LogP contribution in [0, 0.1) is 0 Å². The van der Waals surface area contributed by atoms with Gasteiger partial charge in [0, 0.05) is 24.0 Å². The molecular formula is C16H25ClN2O2S. The number of nitrogens with zero attached hydrogens (tertiary/aromatic N) is 1. The van der Waals surface area contributed by atoms with Crippen molar-refractivity contribution in [1.82, 2.24) is 4.90 Å². The molecule has 1 saturated carbocycles. The topological polar surface area (TPSA) is 55.6 Å². The highest BCUT2D eigenvalue weighted by Crippen LogP contribution is 2.37. The zero-order chi connectivity index (χ0) is 14.8. The normalized spacial score (nSPS) is 19.3. The second kappa shape index (κ2) is 7.66. The van der Waals surface area contributed by atoms with Crippen molar-refractivity contribution in [2.75, 3.05) is 18.9 Å². The third kappa shape index (κ3) is 3.42. The van der Waals surface area contributed by atoms with E-state index in [-0.39, 0.29) is 18.4 Å². The Bertz CT molecular complexity index is 526. The Labute approximate surface area is 142 Å². The van der Waals surface area contributed by atoms with Gasteiger partial charge in [-0.05, 0) is 31.7 Å². The highest BCUT2D eigenvalue weighted by Gasteiger charge is 2.30. The van der Waals surface area contributed by atoms with E-state index in [1.165, 1.54) is 37.0 Å². The maximum Gasteiger partial charge on any atom is 0.341 e. The molecule has 22 heavy (non-hydrogen) atoms. The molecule has 0 aromatic carbocycles. The van der Waals surface area contributed by atoms with E-state index in [2.05, 4.69) is 4.90 Å². The minimum absolute atomic E-state index is 0. The van der Waals surface area contributed by atoms with E-state index in [1.54, 1.807) is 11.3 Å². The fraction of sp³-hybridized carbons (Fsp3) is 0.688. The van der Waals surface area contributed by atoms with Crippen LogP contribution in [0.5, 0.6) is 0 Å². The molecule has 0 unspecified atom stereocenters. The van der Waals surface area contributed by atoms with Crippen molar-refractivity contribution >= 4 is 34.7 Å². The van der Waals surface area contributed by atoms with Crippen LogP contribution in [0.4, 0.5) is 5.00 Å². The van der Waals surface area contributed by atoms with Crippen LogP contribution in [-0.4, -0.2) is 30.1 Å². The highest BCUT2D eigenvalue weighted by atomic mass is 35.5. The lowest BCUT2D eigenvalue weighted by atomic mass is 9.92. The van der Waals surface area contributed by atoms with Crippen LogP contribution in [0.2, 0.25) is 0 Å². The van der Waals surface area contributed by atoms with Gasteiger partial charge < -0.3 is 10.5 Å². The Balaban J connectivity index is 0.00000176. The number of hydrogen-bond donors (Lipinski definition) is 1. The van der Waals surface area contributed by atoms with Crippen LogP contribution >= 0.6 is 23.7 Å². The summed E-state index contributed by atoms with van der Waals surface area (Å²) in [4.78, 5) is 15.9. The van der Waals surface area contributed by atoms with Gasteiger partial charge in [-0.1, -0.05) is 19.3 Å². The summed E-state index contributed by atoms with van der Waals surface area (Å²) in [5.74, 6) is -0.251. The molecule has 3 rings (SSSR count). The molecule has 4 nitrogen and oxygen atoms in total. The summed E-state index contributed by atoms with van der Waals surface area (Å²) in [6, 6.07) is 0.723. The Morgan fingerprint density at radius 3 is 2.77 bits per heavy atom. The molecule has 0 spiro atoms. The summed E-state index contributed by atoms with van der Waals surface area (Å²) in [5.41, 5.74) is 7.86. The number of esters is 1. The molecule has 2 heterocycles. The largest absolute Gasteiger partial charge is 0.462 e. The number of nitrogen functional groups attached to an aromatic ring is 1. The standard InChI is InChI=1S/C16H24N2O2S.ClH/c1-2-20-16(19)14-12-8-9-18(10-13(12)21-15(14)17)11-6-4-3-5-7-11;/h11H,2-10,17H2,1H3;1H. The van der Waals surface area contributed by atoms with E-state index in [4.69, 9.17) is 10.5 Å². The van der Waals surface area contributed by atoms with Crippen molar-refractivity contribution in [3.05, 3.63) is 16.0 Å². The highest BCUT2D eigenvalue weighted by molar-refractivity contribution is 7.16. The molecule has 0 saturated heterocycles. The monoisotopic (exact) mass is 344 g/mol. The molecule has 1 aromatic rings. The predicted octanol–water partition coefficient (Wildman–Crippen LogP) is 3.62. The van der Waals surface area contributed by atoms with Gasteiger partial charge in [-0.15, -0.1) is 23.7 Å². The van der Waals surface area contributed by atoms with E-state index in [1.807, 2.05) is 6.92 Å². The van der Waals surface area contributed by atoms with Gasteiger partial charge >= 0.3 is 5.97 Å². The molecule has 0 atom stereocenters. The smallest absolute Gasteiger partial charge is 0.341 e. The first-order valence-corrected chi connectivity index (χ1v) is 8.83. The SMILES string of the molecule is CCOC(=O)c1c(N)sc2c1CCN(C1CCCCC1)C2.Cl. The molecule has 2 aliphatic rings. The number of carbonyl (C=O) groups is 1. The van der Waals surface area contributed by atoms with Crippen LogP contribution in [0.15, 0.2) is 0 Å². The number of ether oxygens (including phenoxy) is 1. The average Bonchev–Trinajstić information content (AvgIpc) is 2.83. The van der Waals surface area contributed by atoms with E-state index >= 15 is 0 Å². The lowest BCUT2D eigenvalue weighted by molar-refractivity contribution is 0.0525. The molecule has 0 bridgehead atoms. The number of halogens is 1. The summed E-state index contributed by atoms with van der Waals surface area (Å²) in [6.07, 6.45) is 7.66. The Morgan fingerprint density at radius 1 is 1.36 bits per heavy atom. The zero-order valence-electron chi connectivity index (χ0n) is 13.1. The van der Waals surface area contributed by atoms with Gasteiger partial charge in [-0.25, -0.2) is 4.79 Å². The fourth-order valence-corrected chi connectivity index (χ4v) is 4.76. The molecule has 0 radical (unpaired) electrons. The van der Waals surface area contributed by atoms with Crippen LogP contribution in [0.3, 0.4) is 0 Å². The molecular weight excluding hydrogens is 320 g/mol. The van der Waals surface area contributed by atoms with Gasteiger partial charge in [0.2, 0.25) is 0 Å². The van der Waals surface area contributed by atoms with Crippen LogP contribution in [0.25, 0.3) is 0 Å². The molecule has 2 N–H and O–H groups in total. The minimum Gasteiger partial charge on any atom is -0.462 e. The summed E-state index contributed by atoms with van der Waals surface area (Å²) in [6.45, 7) is 4.23. The second-order valence-corrected chi connectivity index (χ2v) is 7.11. The number of rotatable bonds is 3. The Hall–Kier alpha value is -0.780. The van der Waals surface area contributed by atoms with Crippen molar-refractivity contribution in [2.45, 2.75) is 58.0 Å². The first-order chi connectivity index (χ1) is 10.2. The third-order valence-corrected chi connectivity index (χ3v) is 5.73. The van der Waals surface area contributed by atoms with Gasteiger partial charge in [-0.3, -0.25) is 4.90 Å². The average molecular weight is 345 g/mol. The molecule has 1 fully saturated rings. The van der Waals surface area contributed by atoms with Gasteiger partial charge in [0.25, 0.3) is 0 Å².